The van der Waals surface area contributed by atoms with Crippen LogP contribution in [0.3, 0.4) is 0 Å². The van der Waals surface area contributed by atoms with Crippen molar-refractivity contribution >= 4 is 0 Å². The van der Waals surface area contributed by atoms with E-state index >= 15 is 0 Å². The van der Waals surface area contributed by atoms with Gasteiger partial charge in [0.25, 0.3) is 0 Å². The van der Waals surface area contributed by atoms with Gasteiger partial charge in [0.2, 0.25) is 5.88 Å². The first-order valence-electron chi connectivity index (χ1n) is 6.05. The summed E-state index contributed by atoms with van der Waals surface area (Å²) in [4.78, 5) is 0. The van der Waals surface area contributed by atoms with Crippen LogP contribution in [-0.2, 0) is 0 Å². The minimum Gasteiger partial charge on any atom is -0.472 e. The molecule has 0 bridgehead atoms. The largest absolute Gasteiger partial charge is 0.472 e. The van der Waals surface area contributed by atoms with Crippen molar-refractivity contribution in [1.29, 1.82) is 0 Å². The highest BCUT2D eigenvalue weighted by molar-refractivity contribution is 5.22. The molecule has 94 valence electrons. The normalized spacial score (nSPS) is 23.2. The van der Waals surface area contributed by atoms with Gasteiger partial charge >= 0.3 is 0 Å². The molecule has 1 N–H and O–H groups in total. The van der Waals surface area contributed by atoms with E-state index in [1.807, 2.05) is 24.4 Å². The quantitative estimate of drug-likeness (QED) is 0.866. The zero-order valence-electron chi connectivity index (χ0n) is 10.2. The third-order valence-corrected chi connectivity index (χ3v) is 2.96. The predicted molar refractivity (Wildman–Crippen MR) is 65.7 cm³/mol. The summed E-state index contributed by atoms with van der Waals surface area (Å²) in [5, 5.41) is 15.6. The van der Waals surface area contributed by atoms with E-state index in [1.165, 1.54) is 0 Å². The van der Waals surface area contributed by atoms with Crippen molar-refractivity contribution in [2.24, 2.45) is 0 Å². The fraction of sp³-hybridized carbons (Fsp3) is 0.417. The molecule has 2 aromatic rings. The van der Waals surface area contributed by atoms with Crippen LogP contribution in [0, 0.1) is 0 Å². The van der Waals surface area contributed by atoms with Crippen LogP contribution < -0.4 is 10.1 Å². The molecule has 18 heavy (non-hydrogen) atoms. The third kappa shape index (κ3) is 2.33. The maximum absolute atomic E-state index is 5.75. The summed E-state index contributed by atoms with van der Waals surface area (Å²) >= 11 is 0. The number of nitrogens with one attached hydrogen (secondary N) is 1. The van der Waals surface area contributed by atoms with Crippen molar-refractivity contribution in [2.75, 3.05) is 6.54 Å². The van der Waals surface area contributed by atoms with Gasteiger partial charge in [0.15, 0.2) is 5.82 Å². The van der Waals surface area contributed by atoms with Crippen LogP contribution in [0.4, 0.5) is 0 Å². The summed E-state index contributed by atoms with van der Waals surface area (Å²) < 4.78 is 7.41. The van der Waals surface area contributed by atoms with Crippen LogP contribution >= 0.6 is 0 Å². The fourth-order valence-electron chi connectivity index (χ4n) is 2.06. The Labute approximate surface area is 105 Å². The Morgan fingerprint density at radius 1 is 1.39 bits per heavy atom. The molecule has 3 heterocycles. The van der Waals surface area contributed by atoms with E-state index in [2.05, 4.69) is 27.5 Å². The van der Waals surface area contributed by atoms with E-state index in [0.29, 0.717) is 17.7 Å². The topological polar surface area (TPSA) is 64.9 Å². The number of hydrogen-bond acceptors (Lipinski definition) is 5. The van der Waals surface area contributed by atoms with E-state index < -0.39 is 0 Å². The van der Waals surface area contributed by atoms with Crippen LogP contribution in [0.1, 0.15) is 13.3 Å². The van der Waals surface area contributed by atoms with E-state index in [-0.39, 0.29) is 6.10 Å². The molecule has 0 unspecified atom stereocenters. The monoisotopic (exact) mass is 245 g/mol. The summed E-state index contributed by atoms with van der Waals surface area (Å²) in [5.41, 5.74) is 0. The molecule has 6 nitrogen and oxygen atoms in total. The van der Waals surface area contributed by atoms with Gasteiger partial charge < -0.3 is 10.1 Å². The third-order valence-electron chi connectivity index (χ3n) is 2.96. The Hall–Kier alpha value is -1.95. The zero-order chi connectivity index (χ0) is 12.4. The predicted octanol–water partition coefficient (Wildman–Crippen LogP) is 0.791. The lowest BCUT2D eigenvalue weighted by atomic mass is 10.2. The Morgan fingerprint density at radius 2 is 2.33 bits per heavy atom. The summed E-state index contributed by atoms with van der Waals surface area (Å²) in [5.74, 6) is 1.25. The van der Waals surface area contributed by atoms with Gasteiger partial charge in [0.1, 0.15) is 6.10 Å². The molecule has 1 fully saturated rings. The molecule has 2 aromatic heterocycles. The second kappa shape index (κ2) is 4.73. The van der Waals surface area contributed by atoms with Gasteiger partial charge in [-0.1, -0.05) is 0 Å². The molecule has 6 heteroatoms. The highest BCUT2D eigenvalue weighted by atomic mass is 16.5. The average molecular weight is 245 g/mol. The van der Waals surface area contributed by atoms with Crippen LogP contribution in [0.15, 0.2) is 30.6 Å². The van der Waals surface area contributed by atoms with Gasteiger partial charge in [-0.25, -0.2) is 4.68 Å². The summed E-state index contributed by atoms with van der Waals surface area (Å²) in [6.07, 6.45) is 4.72. The first-order chi connectivity index (χ1) is 8.81. The van der Waals surface area contributed by atoms with Crippen molar-refractivity contribution in [3.8, 4) is 11.7 Å². The number of aromatic nitrogens is 4. The number of rotatable bonds is 3. The lowest BCUT2D eigenvalue weighted by Gasteiger charge is -2.11. The van der Waals surface area contributed by atoms with Crippen LogP contribution in [0.25, 0.3) is 5.82 Å². The number of ether oxygens (including phenoxy) is 1. The van der Waals surface area contributed by atoms with E-state index in [1.54, 1.807) is 10.9 Å². The van der Waals surface area contributed by atoms with Gasteiger partial charge in [0.05, 0.1) is 0 Å². The second-order valence-electron chi connectivity index (χ2n) is 4.47. The summed E-state index contributed by atoms with van der Waals surface area (Å²) in [7, 11) is 0. The Kier molecular flexibility index (Phi) is 2.93. The highest BCUT2D eigenvalue weighted by Gasteiger charge is 2.22. The minimum absolute atomic E-state index is 0.185. The van der Waals surface area contributed by atoms with Gasteiger partial charge in [-0.3, -0.25) is 0 Å². The highest BCUT2D eigenvalue weighted by Crippen LogP contribution is 2.14. The SMILES string of the molecule is C[C@H]1C[C@@H](Oc2ccc(-n3cccn3)nn2)CN1. The van der Waals surface area contributed by atoms with Gasteiger partial charge in [0, 0.05) is 37.5 Å². The van der Waals surface area contributed by atoms with E-state index in [9.17, 15) is 0 Å². The van der Waals surface area contributed by atoms with Crippen molar-refractivity contribution in [3.63, 3.8) is 0 Å². The average Bonchev–Trinajstić information content (AvgIpc) is 3.02. The molecule has 0 aliphatic carbocycles. The molecular weight excluding hydrogens is 230 g/mol. The molecule has 1 aliphatic rings. The van der Waals surface area contributed by atoms with E-state index in [4.69, 9.17) is 4.74 Å². The molecule has 2 atom stereocenters. The first kappa shape index (κ1) is 11.2. The van der Waals surface area contributed by atoms with Crippen molar-refractivity contribution in [2.45, 2.75) is 25.5 Å². The second-order valence-corrected chi connectivity index (χ2v) is 4.47. The lowest BCUT2D eigenvalue weighted by Crippen LogP contribution is -2.21. The Morgan fingerprint density at radius 3 is 2.94 bits per heavy atom. The van der Waals surface area contributed by atoms with Crippen LogP contribution in [0.2, 0.25) is 0 Å². The molecule has 0 radical (unpaired) electrons. The lowest BCUT2D eigenvalue weighted by molar-refractivity contribution is 0.209. The molecule has 1 aliphatic heterocycles. The molecule has 0 spiro atoms. The number of nitrogens with zero attached hydrogens (tertiary/aromatic N) is 4. The molecule has 0 aromatic carbocycles. The summed E-state index contributed by atoms with van der Waals surface area (Å²) in [6, 6.07) is 6.03. The molecule has 3 rings (SSSR count). The van der Waals surface area contributed by atoms with Gasteiger partial charge in [-0.2, -0.15) is 5.10 Å². The minimum atomic E-state index is 0.185. The molecule has 0 amide bonds. The fourth-order valence-corrected chi connectivity index (χ4v) is 2.06. The summed E-state index contributed by atoms with van der Waals surface area (Å²) in [6.45, 7) is 3.01. The zero-order valence-corrected chi connectivity index (χ0v) is 10.2. The van der Waals surface area contributed by atoms with Gasteiger partial charge in [-0.05, 0) is 19.1 Å². The maximum atomic E-state index is 5.75. The molecular formula is C12H15N5O. The molecule has 0 saturated carbocycles. The van der Waals surface area contributed by atoms with Crippen molar-refractivity contribution in [1.82, 2.24) is 25.3 Å². The smallest absolute Gasteiger partial charge is 0.233 e. The van der Waals surface area contributed by atoms with E-state index in [0.717, 1.165) is 13.0 Å². The molecule has 1 saturated heterocycles. The van der Waals surface area contributed by atoms with Crippen molar-refractivity contribution < 1.29 is 4.74 Å². The standard InChI is InChI=1S/C12H15N5O/c1-9-7-10(8-13-9)18-12-4-3-11(15-16-12)17-6-2-5-14-17/h2-6,9-10,13H,7-8H2,1H3/t9-,10+/m0/s1. The first-order valence-corrected chi connectivity index (χ1v) is 6.05. The van der Waals surface area contributed by atoms with Gasteiger partial charge in [-0.15, -0.1) is 10.2 Å². The van der Waals surface area contributed by atoms with Crippen LogP contribution in [-0.4, -0.2) is 38.7 Å². The maximum Gasteiger partial charge on any atom is 0.233 e. The Bertz CT molecular complexity index is 496. The Balaban J connectivity index is 1.68. The van der Waals surface area contributed by atoms with Crippen molar-refractivity contribution in [3.05, 3.63) is 30.6 Å². The van der Waals surface area contributed by atoms with Crippen LogP contribution in [0.5, 0.6) is 5.88 Å². The number of hydrogen-bond donors (Lipinski definition) is 1.